The summed E-state index contributed by atoms with van der Waals surface area (Å²) in [5.74, 6) is 0.171. The lowest BCUT2D eigenvalue weighted by molar-refractivity contribution is -0.125. The highest BCUT2D eigenvalue weighted by atomic mass is 16.3. The first-order valence-corrected chi connectivity index (χ1v) is 5.90. The van der Waals surface area contributed by atoms with Gasteiger partial charge in [0.25, 0.3) is 0 Å². The molecule has 3 N–H and O–H groups in total. The molecule has 1 amide bonds. The first kappa shape index (κ1) is 12.5. The van der Waals surface area contributed by atoms with E-state index in [-0.39, 0.29) is 11.8 Å². The fourth-order valence-electron chi connectivity index (χ4n) is 1.87. The molecule has 1 fully saturated rings. The average Bonchev–Trinajstić information content (AvgIpc) is 2.27. The van der Waals surface area contributed by atoms with Crippen molar-refractivity contribution in [1.29, 1.82) is 0 Å². The summed E-state index contributed by atoms with van der Waals surface area (Å²) < 4.78 is 0. The summed E-state index contributed by atoms with van der Waals surface area (Å²) in [7, 11) is 0. The minimum atomic E-state index is -0.393. The van der Waals surface area contributed by atoms with Crippen molar-refractivity contribution < 1.29 is 9.90 Å². The van der Waals surface area contributed by atoms with Crippen molar-refractivity contribution in [2.75, 3.05) is 19.6 Å². The molecule has 4 heteroatoms. The number of piperidine rings is 1. The van der Waals surface area contributed by atoms with E-state index in [4.69, 9.17) is 0 Å². The van der Waals surface area contributed by atoms with Crippen LogP contribution in [0, 0.1) is 5.92 Å². The fraction of sp³-hybridized carbons (Fsp3) is 0.909. The Kier molecular flexibility index (Phi) is 5.65. The van der Waals surface area contributed by atoms with E-state index in [2.05, 4.69) is 10.6 Å². The van der Waals surface area contributed by atoms with Crippen LogP contribution in [0.25, 0.3) is 0 Å². The lowest BCUT2D eigenvalue weighted by Crippen LogP contribution is -2.42. The highest BCUT2D eigenvalue weighted by Crippen LogP contribution is 2.09. The predicted molar refractivity (Wildman–Crippen MR) is 59.5 cm³/mol. The Balaban J connectivity index is 2.16. The summed E-state index contributed by atoms with van der Waals surface area (Å²) in [6.45, 7) is 4.21. The average molecular weight is 214 g/mol. The van der Waals surface area contributed by atoms with Crippen LogP contribution in [0.1, 0.15) is 32.6 Å². The fourth-order valence-corrected chi connectivity index (χ4v) is 1.87. The molecule has 4 nitrogen and oxygen atoms in total. The number of hydrogen-bond acceptors (Lipinski definition) is 3. The van der Waals surface area contributed by atoms with Crippen molar-refractivity contribution in [2.24, 2.45) is 5.92 Å². The zero-order chi connectivity index (χ0) is 11.1. The van der Waals surface area contributed by atoms with Crippen LogP contribution in [-0.4, -0.2) is 36.8 Å². The van der Waals surface area contributed by atoms with E-state index in [1.54, 1.807) is 0 Å². The zero-order valence-corrected chi connectivity index (χ0v) is 9.46. The third-order valence-corrected chi connectivity index (χ3v) is 2.80. The van der Waals surface area contributed by atoms with E-state index in [1.165, 1.54) is 0 Å². The smallest absolute Gasteiger partial charge is 0.224 e. The highest BCUT2D eigenvalue weighted by molar-refractivity contribution is 5.78. The minimum absolute atomic E-state index is 0.0809. The molecule has 1 aliphatic heterocycles. The Morgan fingerprint density at radius 2 is 2.47 bits per heavy atom. The molecule has 15 heavy (non-hydrogen) atoms. The van der Waals surface area contributed by atoms with Gasteiger partial charge in [-0.15, -0.1) is 0 Å². The van der Waals surface area contributed by atoms with Crippen LogP contribution in [0.2, 0.25) is 0 Å². The second-order valence-corrected chi connectivity index (χ2v) is 4.23. The maximum Gasteiger partial charge on any atom is 0.224 e. The van der Waals surface area contributed by atoms with E-state index in [9.17, 15) is 9.90 Å². The molecule has 0 bridgehead atoms. The quantitative estimate of drug-likeness (QED) is 0.615. The summed E-state index contributed by atoms with van der Waals surface area (Å²) >= 11 is 0. The number of rotatable bonds is 5. The van der Waals surface area contributed by atoms with E-state index in [1.807, 2.05) is 6.92 Å². The van der Waals surface area contributed by atoms with Crippen LogP contribution >= 0.6 is 0 Å². The lowest BCUT2D eigenvalue weighted by atomic mass is 9.99. The summed E-state index contributed by atoms with van der Waals surface area (Å²) in [4.78, 5) is 11.6. The first-order chi connectivity index (χ1) is 7.24. The van der Waals surface area contributed by atoms with E-state index in [0.717, 1.165) is 38.8 Å². The number of aliphatic hydroxyl groups excluding tert-OH is 1. The van der Waals surface area contributed by atoms with Crippen molar-refractivity contribution in [3.63, 3.8) is 0 Å². The molecule has 0 saturated carbocycles. The maximum atomic E-state index is 11.6. The number of carbonyl (C=O) groups excluding carboxylic acids is 1. The van der Waals surface area contributed by atoms with E-state index in [0.29, 0.717) is 6.54 Å². The molecule has 1 heterocycles. The predicted octanol–water partition coefficient (Wildman–Crippen LogP) is 0.263. The number of aliphatic hydroxyl groups is 1. The van der Waals surface area contributed by atoms with Gasteiger partial charge in [0.15, 0.2) is 0 Å². The van der Waals surface area contributed by atoms with Gasteiger partial charge in [0, 0.05) is 13.1 Å². The van der Waals surface area contributed by atoms with Crippen LogP contribution in [0.3, 0.4) is 0 Å². The Labute approximate surface area is 91.4 Å². The first-order valence-electron chi connectivity index (χ1n) is 5.90. The number of amides is 1. The van der Waals surface area contributed by atoms with Gasteiger partial charge in [0.1, 0.15) is 0 Å². The minimum Gasteiger partial charge on any atom is -0.391 e. The molecular formula is C11H22N2O2. The van der Waals surface area contributed by atoms with Gasteiger partial charge in [-0.2, -0.15) is 0 Å². The maximum absolute atomic E-state index is 11.6. The third-order valence-electron chi connectivity index (χ3n) is 2.80. The Hall–Kier alpha value is -0.610. The Morgan fingerprint density at radius 3 is 3.07 bits per heavy atom. The molecule has 0 aromatic rings. The highest BCUT2D eigenvalue weighted by Gasteiger charge is 2.20. The number of nitrogens with one attached hydrogen (secondary N) is 2. The monoisotopic (exact) mass is 214 g/mol. The van der Waals surface area contributed by atoms with Crippen LogP contribution < -0.4 is 10.6 Å². The van der Waals surface area contributed by atoms with Crippen molar-refractivity contribution >= 4 is 5.91 Å². The summed E-state index contributed by atoms with van der Waals surface area (Å²) in [6.07, 6.45) is 3.33. The summed E-state index contributed by atoms with van der Waals surface area (Å²) in [5.41, 5.74) is 0. The molecule has 0 aliphatic carbocycles. The van der Waals surface area contributed by atoms with Gasteiger partial charge in [-0.3, -0.25) is 4.79 Å². The van der Waals surface area contributed by atoms with Crippen LogP contribution in [0.5, 0.6) is 0 Å². The van der Waals surface area contributed by atoms with Gasteiger partial charge in [0.05, 0.1) is 12.0 Å². The van der Waals surface area contributed by atoms with Crippen molar-refractivity contribution in [2.45, 2.75) is 38.7 Å². The van der Waals surface area contributed by atoms with Gasteiger partial charge in [0.2, 0.25) is 5.91 Å². The molecular weight excluding hydrogens is 192 g/mol. The van der Waals surface area contributed by atoms with Gasteiger partial charge < -0.3 is 15.7 Å². The Bertz CT molecular complexity index is 191. The van der Waals surface area contributed by atoms with Crippen LogP contribution in [-0.2, 0) is 4.79 Å². The second-order valence-electron chi connectivity index (χ2n) is 4.23. The van der Waals surface area contributed by atoms with Gasteiger partial charge in [-0.05, 0) is 25.8 Å². The largest absolute Gasteiger partial charge is 0.391 e. The molecule has 0 spiro atoms. The topological polar surface area (TPSA) is 61.4 Å². The third kappa shape index (κ3) is 4.62. The van der Waals surface area contributed by atoms with Gasteiger partial charge in [-0.1, -0.05) is 13.3 Å². The van der Waals surface area contributed by atoms with Gasteiger partial charge in [-0.25, -0.2) is 0 Å². The van der Waals surface area contributed by atoms with Gasteiger partial charge >= 0.3 is 0 Å². The molecule has 0 aromatic carbocycles. The summed E-state index contributed by atoms with van der Waals surface area (Å²) in [5, 5.41) is 15.5. The molecule has 88 valence electrons. The molecule has 1 rings (SSSR count). The molecule has 2 atom stereocenters. The molecule has 1 aliphatic rings. The SMILES string of the molecule is CCCC(O)CNC(=O)C1CCCNC1. The lowest BCUT2D eigenvalue weighted by Gasteiger charge is -2.22. The van der Waals surface area contributed by atoms with Crippen LogP contribution in [0.4, 0.5) is 0 Å². The molecule has 0 radical (unpaired) electrons. The second kappa shape index (κ2) is 6.80. The van der Waals surface area contributed by atoms with Crippen molar-refractivity contribution in [1.82, 2.24) is 10.6 Å². The normalized spacial score (nSPS) is 23.5. The van der Waals surface area contributed by atoms with E-state index < -0.39 is 6.10 Å². The van der Waals surface area contributed by atoms with Crippen LogP contribution in [0.15, 0.2) is 0 Å². The standard InChI is InChI=1S/C11H22N2O2/c1-2-4-10(14)8-13-11(15)9-5-3-6-12-7-9/h9-10,12,14H,2-8H2,1H3,(H,13,15). The van der Waals surface area contributed by atoms with Crippen molar-refractivity contribution in [3.8, 4) is 0 Å². The summed E-state index contributed by atoms with van der Waals surface area (Å²) in [6, 6.07) is 0. The zero-order valence-electron chi connectivity index (χ0n) is 9.46. The number of hydrogen-bond donors (Lipinski definition) is 3. The Morgan fingerprint density at radius 1 is 1.67 bits per heavy atom. The molecule has 1 saturated heterocycles. The molecule has 0 aromatic heterocycles. The number of carbonyl (C=O) groups is 1. The molecule has 2 unspecified atom stereocenters. The van der Waals surface area contributed by atoms with E-state index >= 15 is 0 Å². The van der Waals surface area contributed by atoms with Crippen molar-refractivity contribution in [3.05, 3.63) is 0 Å².